The summed E-state index contributed by atoms with van der Waals surface area (Å²) in [5, 5.41) is 11.8. The molecule has 0 bridgehead atoms. The molecule has 0 aliphatic heterocycles. The van der Waals surface area contributed by atoms with Gasteiger partial charge in [0.2, 0.25) is 0 Å². The van der Waals surface area contributed by atoms with Crippen LogP contribution in [0.5, 0.6) is 5.75 Å². The lowest BCUT2D eigenvalue weighted by atomic mass is 9.97. The first-order chi connectivity index (χ1) is 10.4. The molecule has 1 rings (SSSR count). The van der Waals surface area contributed by atoms with Gasteiger partial charge in [-0.3, -0.25) is 9.59 Å². The zero-order chi connectivity index (χ0) is 16.5. The smallest absolute Gasteiger partial charge is 0.308 e. The van der Waals surface area contributed by atoms with Gasteiger partial charge in [-0.05, 0) is 30.4 Å². The highest BCUT2D eigenvalue weighted by molar-refractivity contribution is 5.78. The van der Waals surface area contributed by atoms with E-state index in [0.29, 0.717) is 12.2 Å². The highest BCUT2D eigenvalue weighted by atomic mass is 16.5. The third-order valence-corrected chi connectivity index (χ3v) is 3.36. The topological polar surface area (TPSA) is 75.6 Å². The number of carbonyl (C=O) groups is 2. The van der Waals surface area contributed by atoms with Gasteiger partial charge in [0.15, 0.2) is 6.61 Å². The average Bonchev–Trinajstić information content (AvgIpc) is 2.48. The number of hydrogen-bond donors (Lipinski definition) is 2. The predicted molar refractivity (Wildman–Crippen MR) is 84.9 cm³/mol. The minimum atomic E-state index is -0.883. The summed E-state index contributed by atoms with van der Waals surface area (Å²) in [7, 11) is 0. The van der Waals surface area contributed by atoms with E-state index in [1.807, 2.05) is 45.0 Å². The molecule has 1 amide bonds. The van der Waals surface area contributed by atoms with Crippen LogP contribution in [-0.4, -0.2) is 30.1 Å². The molecule has 0 aromatic heterocycles. The highest BCUT2D eigenvalue weighted by Gasteiger charge is 2.19. The van der Waals surface area contributed by atoms with Crippen LogP contribution >= 0.6 is 0 Å². The molecule has 122 valence electrons. The van der Waals surface area contributed by atoms with Gasteiger partial charge in [0.25, 0.3) is 5.91 Å². The largest absolute Gasteiger partial charge is 0.483 e. The lowest BCUT2D eigenvalue weighted by Gasteiger charge is -2.16. The summed E-state index contributed by atoms with van der Waals surface area (Å²) < 4.78 is 5.50. The Balaban J connectivity index is 2.44. The highest BCUT2D eigenvalue weighted by Crippen LogP contribution is 2.18. The first-order valence-electron chi connectivity index (χ1n) is 7.64. The summed E-state index contributed by atoms with van der Waals surface area (Å²) in [6.45, 7) is 5.97. The molecule has 0 saturated carbocycles. The summed E-state index contributed by atoms with van der Waals surface area (Å²) in [5.74, 6) is -0.790. The second kappa shape index (κ2) is 9.07. The Labute approximate surface area is 131 Å². The molecule has 1 aromatic rings. The zero-order valence-corrected chi connectivity index (χ0v) is 13.5. The fourth-order valence-electron chi connectivity index (χ4n) is 2.21. The maximum atomic E-state index is 11.8. The lowest BCUT2D eigenvalue weighted by Crippen LogP contribution is -2.36. The van der Waals surface area contributed by atoms with Crippen molar-refractivity contribution in [3.8, 4) is 5.75 Å². The number of ether oxygens (including phenoxy) is 1. The SMILES string of the molecule is CCc1ccccc1OCC(=O)NCC(CC(C)C)C(=O)O. The van der Waals surface area contributed by atoms with E-state index in [1.165, 1.54) is 0 Å². The van der Waals surface area contributed by atoms with E-state index >= 15 is 0 Å². The number of amides is 1. The van der Waals surface area contributed by atoms with E-state index < -0.39 is 11.9 Å². The monoisotopic (exact) mass is 307 g/mol. The Morgan fingerprint density at radius 2 is 1.95 bits per heavy atom. The second-order valence-corrected chi connectivity index (χ2v) is 5.72. The molecule has 1 unspecified atom stereocenters. The number of carboxylic acids is 1. The lowest BCUT2D eigenvalue weighted by molar-refractivity contribution is -0.142. The van der Waals surface area contributed by atoms with E-state index in [1.54, 1.807) is 0 Å². The van der Waals surface area contributed by atoms with Crippen LogP contribution in [0.25, 0.3) is 0 Å². The summed E-state index contributed by atoms with van der Waals surface area (Å²) in [4.78, 5) is 22.9. The fraction of sp³-hybridized carbons (Fsp3) is 0.529. The molecule has 5 nitrogen and oxygen atoms in total. The molecule has 2 N–H and O–H groups in total. The molecule has 0 saturated heterocycles. The number of carbonyl (C=O) groups excluding carboxylic acids is 1. The number of aliphatic carboxylic acids is 1. The summed E-state index contributed by atoms with van der Waals surface area (Å²) >= 11 is 0. The molecule has 22 heavy (non-hydrogen) atoms. The normalized spacial score (nSPS) is 12.0. The number of nitrogens with one attached hydrogen (secondary N) is 1. The third kappa shape index (κ3) is 6.16. The summed E-state index contributed by atoms with van der Waals surface area (Å²) in [5.41, 5.74) is 1.04. The first-order valence-corrected chi connectivity index (χ1v) is 7.64. The molecule has 0 fully saturated rings. The molecule has 0 radical (unpaired) electrons. The summed E-state index contributed by atoms with van der Waals surface area (Å²) in [6, 6.07) is 7.56. The molecule has 0 aliphatic carbocycles. The third-order valence-electron chi connectivity index (χ3n) is 3.36. The van der Waals surface area contributed by atoms with Crippen LogP contribution in [0.4, 0.5) is 0 Å². The van der Waals surface area contributed by atoms with Crippen molar-refractivity contribution in [3.05, 3.63) is 29.8 Å². The quantitative estimate of drug-likeness (QED) is 0.735. The molecule has 1 atom stereocenters. The van der Waals surface area contributed by atoms with Crippen LogP contribution in [0, 0.1) is 11.8 Å². The van der Waals surface area contributed by atoms with Gasteiger partial charge in [0.05, 0.1) is 5.92 Å². The van der Waals surface area contributed by atoms with Gasteiger partial charge in [0, 0.05) is 6.54 Å². The Kier molecular flexibility index (Phi) is 7.43. The molecule has 5 heteroatoms. The van der Waals surface area contributed by atoms with Gasteiger partial charge in [-0.2, -0.15) is 0 Å². The Morgan fingerprint density at radius 3 is 2.55 bits per heavy atom. The number of hydrogen-bond acceptors (Lipinski definition) is 3. The number of benzene rings is 1. The van der Waals surface area contributed by atoms with Crippen molar-refractivity contribution < 1.29 is 19.4 Å². The minimum Gasteiger partial charge on any atom is -0.483 e. The van der Waals surface area contributed by atoms with Gasteiger partial charge < -0.3 is 15.2 Å². The maximum Gasteiger partial charge on any atom is 0.308 e. The van der Waals surface area contributed by atoms with Crippen molar-refractivity contribution in [2.75, 3.05) is 13.2 Å². The Morgan fingerprint density at radius 1 is 1.27 bits per heavy atom. The molecular formula is C17H25NO4. The van der Waals surface area contributed by atoms with Gasteiger partial charge >= 0.3 is 5.97 Å². The molecular weight excluding hydrogens is 282 g/mol. The van der Waals surface area contributed by atoms with Crippen molar-refractivity contribution in [1.29, 1.82) is 0 Å². The fourth-order valence-corrected chi connectivity index (χ4v) is 2.21. The predicted octanol–water partition coefficient (Wildman–Crippen LogP) is 2.49. The van der Waals surface area contributed by atoms with Crippen molar-refractivity contribution >= 4 is 11.9 Å². The van der Waals surface area contributed by atoms with E-state index in [4.69, 9.17) is 9.84 Å². The van der Waals surface area contributed by atoms with E-state index in [2.05, 4.69) is 5.32 Å². The van der Waals surface area contributed by atoms with E-state index in [9.17, 15) is 9.59 Å². The van der Waals surface area contributed by atoms with Crippen molar-refractivity contribution in [2.45, 2.75) is 33.6 Å². The van der Waals surface area contributed by atoms with Crippen LogP contribution in [0.15, 0.2) is 24.3 Å². The van der Waals surface area contributed by atoms with E-state index in [-0.39, 0.29) is 25.0 Å². The van der Waals surface area contributed by atoms with Gasteiger partial charge in [-0.1, -0.05) is 39.0 Å². The number of carboxylic acid groups (broad SMARTS) is 1. The van der Waals surface area contributed by atoms with Crippen molar-refractivity contribution in [2.24, 2.45) is 11.8 Å². The molecule has 0 spiro atoms. The van der Waals surface area contributed by atoms with Crippen LogP contribution in [0.1, 0.15) is 32.8 Å². The zero-order valence-electron chi connectivity index (χ0n) is 13.5. The van der Waals surface area contributed by atoms with Crippen LogP contribution < -0.4 is 10.1 Å². The molecule has 1 aromatic carbocycles. The van der Waals surface area contributed by atoms with E-state index in [0.717, 1.165) is 12.0 Å². The van der Waals surface area contributed by atoms with Crippen LogP contribution in [0.2, 0.25) is 0 Å². The van der Waals surface area contributed by atoms with Gasteiger partial charge in [0.1, 0.15) is 5.75 Å². The number of para-hydroxylation sites is 1. The minimum absolute atomic E-state index is 0.106. The summed E-state index contributed by atoms with van der Waals surface area (Å²) in [6.07, 6.45) is 1.36. The van der Waals surface area contributed by atoms with Gasteiger partial charge in [-0.15, -0.1) is 0 Å². The Hall–Kier alpha value is -2.04. The van der Waals surface area contributed by atoms with Crippen molar-refractivity contribution in [1.82, 2.24) is 5.32 Å². The Bertz CT molecular complexity index is 499. The maximum absolute atomic E-state index is 11.8. The second-order valence-electron chi connectivity index (χ2n) is 5.72. The molecule has 0 aliphatic rings. The number of aryl methyl sites for hydroxylation is 1. The number of rotatable bonds is 9. The van der Waals surface area contributed by atoms with Crippen LogP contribution in [-0.2, 0) is 16.0 Å². The van der Waals surface area contributed by atoms with Crippen molar-refractivity contribution in [3.63, 3.8) is 0 Å². The first kappa shape index (κ1) is 18.0. The molecule has 0 heterocycles. The standard InChI is InChI=1S/C17H25NO4/c1-4-13-7-5-6-8-15(13)22-11-16(19)18-10-14(17(20)21)9-12(2)3/h5-8,12,14H,4,9-11H2,1-3H3,(H,18,19)(H,20,21). The van der Waals surface area contributed by atoms with Gasteiger partial charge in [-0.25, -0.2) is 0 Å². The van der Waals surface area contributed by atoms with Crippen LogP contribution in [0.3, 0.4) is 0 Å². The average molecular weight is 307 g/mol.